The molecule has 0 spiro atoms. The lowest BCUT2D eigenvalue weighted by Crippen LogP contribution is -2.41. The van der Waals surface area contributed by atoms with Gasteiger partial charge in [0.05, 0.1) is 19.9 Å². The lowest BCUT2D eigenvalue weighted by atomic mass is 10.0. The van der Waals surface area contributed by atoms with Crippen LogP contribution in [0.3, 0.4) is 0 Å². The number of likely N-dealkylation sites (tertiary alicyclic amines) is 1. The molecule has 1 aliphatic rings. The van der Waals surface area contributed by atoms with Crippen LogP contribution in [0.25, 0.3) is 0 Å². The van der Waals surface area contributed by atoms with Crippen LogP contribution in [-0.4, -0.2) is 38.2 Å². The van der Waals surface area contributed by atoms with Crippen LogP contribution in [0, 0.1) is 5.92 Å². The quantitative estimate of drug-likeness (QED) is 0.924. The number of benzene rings is 1. The minimum Gasteiger partial charge on any atom is -0.497 e. The van der Waals surface area contributed by atoms with Crippen molar-refractivity contribution in [2.75, 3.05) is 32.6 Å². The van der Waals surface area contributed by atoms with E-state index in [9.17, 15) is 4.79 Å². The number of carbonyl (C=O) groups is 1. The van der Waals surface area contributed by atoms with Crippen LogP contribution < -0.4 is 14.8 Å². The Morgan fingerprint density at radius 1 is 1.35 bits per heavy atom. The third kappa shape index (κ3) is 3.35. The first kappa shape index (κ1) is 14.5. The van der Waals surface area contributed by atoms with Crippen LogP contribution in [0.2, 0.25) is 0 Å². The van der Waals surface area contributed by atoms with Crippen molar-refractivity contribution in [3.05, 3.63) is 18.2 Å². The first-order valence-electron chi connectivity index (χ1n) is 6.92. The van der Waals surface area contributed by atoms with E-state index in [4.69, 9.17) is 9.47 Å². The maximum Gasteiger partial charge on any atom is 0.321 e. The number of anilines is 1. The van der Waals surface area contributed by atoms with E-state index in [2.05, 4.69) is 12.2 Å². The second-order valence-corrected chi connectivity index (χ2v) is 5.19. The number of rotatable bonds is 3. The topological polar surface area (TPSA) is 50.8 Å². The van der Waals surface area contributed by atoms with Gasteiger partial charge in [-0.1, -0.05) is 6.92 Å². The van der Waals surface area contributed by atoms with E-state index in [0.717, 1.165) is 19.5 Å². The fourth-order valence-corrected chi connectivity index (χ4v) is 2.47. The number of ether oxygens (including phenoxy) is 2. The second-order valence-electron chi connectivity index (χ2n) is 5.19. The molecule has 2 rings (SSSR count). The summed E-state index contributed by atoms with van der Waals surface area (Å²) in [5.74, 6) is 1.86. The van der Waals surface area contributed by atoms with Crippen LogP contribution in [0.15, 0.2) is 18.2 Å². The predicted octanol–water partition coefficient (Wildman–Crippen LogP) is 2.97. The fourth-order valence-electron chi connectivity index (χ4n) is 2.47. The number of nitrogens with zero attached hydrogens (tertiary/aromatic N) is 1. The zero-order chi connectivity index (χ0) is 14.5. The van der Waals surface area contributed by atoms with Crippen LogP contribution in [0.1, 0.15) is 19.8 Å². The summed E-state index contributed by atoms with van der Waals surface area (Å²) in [4.78, 5) is 14.1. The van der Waals surface area contributed by atoms with Gasteiger partial charge >= 0.3 is 6.03 Å². The van der Waals surface area contributed by atoms with Gasteiger partial charge in [0.2, 0.25) is 0 Å². The molecule has 1 saturated heterocycles. The highest BCUT2D eigenvalue weighted by molar-refractivity contribution is 5.91. The number of hydrogen-bond donors (Lipinski definition) is 1. The SMILES string of the molecule is COc1ccc(NC(=O)N2CCCC(C)C2)c(OC)c1. The van der Waals surface area contributed by atoms with Gasteiger partial charge in [0, 0.05) is 19.2 Å². The molecular weight excluding hydrogens is 256 g/mol. The Bertz CT molecular complexity index is 476. The molecule has 2 amide bonds. The number of carbonyl (C=O) groups excluding carboxylic acids is 1. The maximum absolute atomic E-state index is 12.3. The molecule has 0 radical (unpaired) electrons. The fraction of sp³-hybridized carbons (Fsp3) is 0.533. The molecule has 0 bridgehead atoms. The molecular formula is C15H22N2O3. The molecule has 1 aliphatic heterocycles. The van der Waals surface area contributed by atoms with E-state index >= 15 is 0 Å². The molecule has 1 atom stereocenters. The highest BCUT2D eigenvalue weighted by Crippen LogP contribution is 2.29. The monoisotopic (exact) mass is 278 g/mol. The lowest BCUT2D eigenvalue weighted by molar-refractivity contribution is 0.182. The minimum atomic E-state index is -0.0694. The average molecular weight is 278 g/mol. The Balaban J connectivity index is 2.07. The summed E-state index contributed by atoms with van der Waals surface area (Å²) < 4.78 is 10.4. The minimum absolute atomic E-state index is 0.0694. The van der Waals surface area contributed by atoms with Gasteiger partial charge < -0.3 is 19.7 Å². The number of hydrogen-bond acceptors (Lipinski definition) is 3. The van der Waals surface area contributed by atoms with Gasteiger partial charge in [0.25, 0.3) is 0 Å². The van der Waals surface area contributed by atoms with E-state index in [1.165, 1.54) is 6.42 Å². The molecule has 5 heteroatoms. The van der Waals surface area contributed by atoms with Gasteiger partial charge in [0.1, 0.15) is 11.5 Å². The predicted molar refractivity (Wildman–Crippen MR) is 78.5 cm³/mol. The second kappa shape index (κ2) is 6.50. The number of nitrogens with one attached hydrogen (secondary N) is 1. The van der Waals surface area contributed by atoms with Gasteiger partial charge in [0.15, 0.2) is 0 Å². The van der Waals surface area contributed by atoms with Crippen molar-refractivity contribution in [2.24, 2.45) is 5.92 Å². The molecule has 1 N–H and O–H groups in total. The number of amides is 2. The average Bonchev–Trinajstić information content (AvgIpc) is 2.47. The first-order valence-corrected chi connectivity index (χ1v) is 6.92. The Morgan fingerprint density at radius 3 is 2.80 bits per heavy atom. The van der Waals surface area contributed by atoms with Crippen molar-refractivity contribution in [1.29, 1.82) is 0 Å². The molecule has 1 heterocycles. The van der Waals surface area contributed by atoms with Gasteiger partial charge in [-0.15, -0.1) is 0 Å². The Morgan fingerprint density at radius 2 is 2.15 bits per heavy atom. The highest BCUT2D eigenvalue weighted by atomic mass is 16.5. The van der Waals surface area contributed by atoms with Gasteiger partial charge in [-0.25, -0.2) is 4.79 Å². The summed E-state index contributed by atoms with van der Waals surface area (Å²) in [6.07, 6.45) is 2.25. The summed E-state index contributed by atoms with van der Waals surface area (Å²) in [5.41, 5.74) is 0.663. The zero-order valence-electron chi connectivity index (χ0n) is 12.3. The molecule has 0 aromatic heterocycles. The van der Waals surface area contributed by atoms with Crippen LogP contribution >= 0.6 is 0 Å². The standard InChI is InChI=1S/C15H22N2O3/c1-11-5-4-8-17(10-11)15(18)16-13-7-6-12(19-2)9-14(13)20-3/h6-7,9,11H,4-5,8,10H2,1-3H3,(H,16,18). The van der Waals surface area contributed by atoms with E-state index < -0.39 is 0 Å². The summed E-state index contributed by atoms with van der Waals surface area (Å²) in [7, 11) is 3.18. The Hall–Kier alpha value is -1.91. The number of methoxy groups -OCH3 is 2. The number of urea groups is 1. The molecule has 0 aliphatic carbocycles. The van der Waals surface area contributed by atoms with Gasteiger partial charge in [-0.2, -0.15) is 0 Å². The largest absolute Gasteiger partial charge is 0.497 e. The molecule has 1 fully saturated rings. The highest BCUT2D eigenvalue weighted by Gasteiger charge is 2.21. The van der Waals surface area contributed by atoms with Crippen LogP contribution in [0.4, 0.5) is 10.5 Å². The molecule has 20 heavy (non-hydrogen) atoms. The van der Waals surface area contributed by atoms with Crippen molar-refractivity contribution < 1.29 is 14.3 Å². The van der Waals surface area contributed by atoms with E-state index in [-0.39, 0.29) is 6.03 Å². The summed E-state index contributed by atoms with van der Waals surface area (Å²) in [5, 5.41) is 2.91. The van der Waals surface area contributed by atoms with Crippen molar-refractivity contribution >= 4 is 11.7 Å². The van der Waals surface area contributed by atoms with Gasteiger partial charge in [-0.05, 0) is 30.9 Å². The molecule has 1 aromatic carbocycles. The smallest absolute Gasteiger partial charge is 0.321 e. The van der Waals surface area contributed by atoms with Crippen molar-refractivity contribution in [3.63, 3.8) is 0 Å². The number of piperidine rings is 1. The third-order valence-corrected chi connectivity index (χ3v) is 3.59. The van der Waals surface area contributed by atoms with E-state index in [1.54, 1.807) is 32.4 Å². The summed E-state index contributed by atoms with van der Waals surface area (Å²) >= 11 is 0. The Kier molecular flexibility index (Phi) is 4.71. The van der Waals surface area contributed by atoms with Crippen molar-refractivity contribution in [2.45, 2.75) is 19.8 Å². The van der Waals surface area contributed by atoms with Crippen molar-refractivity contribution in [1.82, 2.24) is 4.90 Å². The first-order chi connectivity index (χ1) is 9.63. The summed E-state index contributed by atoms with van der Waals surface area (Å²) in [6, 6.07) is 5.29. The zero-order valence-corrected chi connectivity index (χ0v) is 12.3. The molecule has 1 unspecified atom stereocenters. The molecule has 110 valence electrons. The van der Waals surface area contributed by atoms with E-state index in [1.807, 2.05) is 4.90 Å². The Labute approximate surface area is 119 Å². The molecule has 5 nitrogen and oxygen atoms in total. The van der Waals surface area contributed by atoms with Crippen LogP contribution in [0.5, 0.6) is 11.5 Å². The van der Waals surface area contributed by atoms with Crippen molar-refractivity contribution in [3.8, 4) is 11.5 Å². The summed E-state index contributed by atoms with van der Waals surface area (Å²) in [6.45, 7) is 3.80. The van der Waals surface area contributed by atoms with E-state index in [0.29, 0.717) is 23.1 Å². The van der Waals surface area contributed by atoms with Gasteiger partial charge in [-0.3, -0.25) is 0 Å². The maximum atomic E-state index is 12.3. The lowest BCUT2D eigenvalue weighted by Gasteiger charge is -2.31. The molecule has 1 aromatic rings. The molecule has 0 saturated carbocycles. The van der Waals surface area contributed by atoms with Crippen LogP contribution in [-0.2, 0) is 0 Å². The third-order valence-electron chi connectivity index (χ3n) is 3.59. The normalized spacial score (nSPS) is 18.6.